The number of carbonyl (C=O) groups is 1. The standard InChI is InChI=1S/C14H18N4O2/c1-9-12(8-17-18(9)2)14(19)16-7-10-6-11(15)4-5-13(10)20-3/h4-6,8H,7,15H2,1-3H3,(H,16,19). The van der Waals surface area contributed by atoms with E-state index in [1.165, 1.54) is 0 Å². The van der Waals surface area contributed by atoms with E-state index in [4.69, 9.17) is 10.5 Å². The van der Waals surface area contributed by atoms with Crippen molar-refractivity contribution in [2.75, 3.05) is 12.8 Å². The third-order valence-corrected chi connectivity index (χ3v) is 3.22. The summed E-state index contributed by atoms with van der Waals surface area (Å²) in [5.74, 6) is 0.530. The van der Waals surface area contributed by atoms with Gasteiger partial charge in [0.1, 0.15) is 5.75 Å². The second-order valence-corrected chi connectivity index (χ2v) is 4.52. The van der Waals surface area contributed by atoms with E-state index in [0.717, 1.165) is 11.3 Å². The molecule has 2 aromatic rings. The zero-order valence-electron chi connectivity index (χ0n) is 11.8. The highest BCUT2D eigenvalue weighted by atomic mass is 16.5. The van der Waals surface area contributed by atoms with Gasteiger partial charge >= 0.3 is 0 Å². The van der Waals surface area contributed by atoms with Crippen molar-refractivity contribution < 1.29 is 9.53 Å². The Labute approximate surface area is 117 Å². The molecular formula is C14H18N4O2. The molecular weight excluding hydrogens is 256 g/mol. The topological polar surface area (TPSA) is 82.2 Å². The van der Waals surface area contributed by atoms with E-state index in [2.05, 4.69) is 10.4 Å². The number of hydrogen-bond acceptors (Lipinski definition) is 4. The summed E-state index contributed by atoms with van der Waals surface area (Å²) in [5, 5.41) is 6.89. The maximum atomic E-state index is 12.1. The normalized spacial score (nSPS) is 10.3. The summed E-state index contributed by atoms with van der Waals surface area (Å²) in [7, 11) is 3.38. The second-order valence-electron chi connectivity index (χ2n) is 4.52. The van der Waals surface area contributed by atoms with E-state index >= 15 is 0 Å². The molecule has 6 heteroatoms. The molecule has 0 atom stereocenters. The number of aryl methyl sites for hydroxylation is 1. The summed E-state index contributed by atoms with van der Waals surface area (Å²) >= 11 is 0. The minimum atomic E-state index is -0.167. The van der Waals surface area contributed by atoms with E-state index in [0.29, 0.717) is 23.5 Å². The number of aromatic nitrogens is 2. The summed E-state index contributed by atoms with van der Waals surface area (Å²) in [5.41, 5.74) is 8.60. The van der Waals surface area contributed by atoms with E-state index in [1.54, 1.807) is 43.2 Å². The van der Waals surface area contributed by atoms with Crippen molar-refractivity contribution in [3.63, 3.8) is 0 Å². The molecule has 0 aliphatic rings. The molecule has 0 radical (unpaired) electrons. The van der Waals surface area contributed by atoms with E-state index in [-0.39, 0.29) is 5.91 Å². The molecule has 1 aromatic heterocycles. The van der Waals surface area contributed by atoms with Crippen LogP contribution < -0.4 is 15.8 Å². The molecule has 1 amide bonds. The third kappa shape index (κ3) is 2.74. The first-order valence-electron chi connectivity index (χ1n) is 6.22. The zero-order chi connectivity index (χ0) is 14.7. The van der Waals surface area contributed by atoms with E-state index in [9.17, 15) is 4.79 Å². The van der Waals surface area contributed by atoms with Crippen LogP contribution in [0.5, 0.6) is 5.75 Å². The van der Waals surface area contributed by atoms with Crippen LogP contribution in [-0.4, -0.2) is 22.8 Å². The first-order chi connectivity index (χ1) is 9.52. The number of nitrogen functional groups attached to an aromatic ring is 1. The van der Waals surface area contributed by atoms with Crippen molar-refractivity contribution >= 4 is 11.6 Å². The Kier molecular flexibility index (Phi) is 3.93. The van der Waals surface area contributed by atoms with Gasteiger partial charge in [0, 0.05) is 30.5 Å². The van der Waals surface area contributed by atoms with Gasteiger partial charge in [-0.05, 0) is 25.1 Å². The minimum absolute atomic E-state index is 0.167. The lowest BCUT2D eigenvalue weighted by Crippen LogP contribution is -2.23. The SMILES string of the molecule is COc1ccc(N)cc1CNC(=O)c1cnn(C)c1C. The monoisotopic (exact) mass is 274 g/mol. The number of methoxy groups -OCH3 is 1. The quantitative estimate of drug-likeness (QED) is 0.822. The van der Waals surface area contributed by atoms with Crippen molar-refractivity contribution in [3.8, 4) is 5.75 Å². The van der Waals surface area contributed by atoms with Gasteiger partial charge in [-0.1, -0.05) is 0 Å². The molecule has 0 bridgehead atoms. The summed E-state index contributed by atoms with van der Waals surface area (Å²) in [4.78, 5) is 12.1. The second kappa shape index (κ2) is 5.64. The van der Waals surface area contributed by atoms with Crippen molar-refractivity contribution in [2.24, 2.45) is 7.05 Å². The predicted molar refractivity (Wildman–Crippen MR) is 76.5 cm³/mol. The smallest absolute Gasteiger partial charge is 0.255 e. The lowest BCUT2D eigenvalue weighted by molar-refractivity contribution is 0.0950. The van der Waals surface area contributed by atoms with Crippen LogP contribution in [0, 0.1) is 6.92 Å². The number of anilines is 1. The first-order valence-corrected chi connectivity index (χ1v) is 6.22. The highest BCUT2D eigenvalue weighted by Crippen LogP contribution is 2.21. The fourth-order valence-electron chi connectivity index (χ4n) is 1.93. The highest BCUT2D eigenvalue weighted by Gasteiger charge is 2.13. The Balaban J connectivity index is 2.11. The summed E-state index contributed by atoms with van der Waals surface area (Å²) in [6.45, 7) is 2.20. The molecule has 1 aromatic carbocycles. The van der Waals surface area contributed by atoms with Gasteiger partial charge in [0.2, 0.25) is 0 Å². The van der Waals surface area contributed by atoms with Crippen LogP contribution in [0.25, 0.3) is 0 Å². The Morgan fingerprint density at radius 3 is 2.85 bits per heavy atom. The van der Waals surface area contributed by atoms with Gasteiger partial charge in [-0.2, -0.15) is 5.10 Å². The number of nitrogens with zero attached hydrogens (tertiary/aromatic N) is 2. The number of ether oxygens (including phenoxy) is 1. The van der Waals surface area contributed by atoms with Crippen molar-refractivity contribution in [2.45, 2.75) is 13.5 Å². The summed E-state index contributed by atoms with van der Waals surface area (Å²) in [6, 6.07) is 5.33. The number of carbonyl (C=O) groups excluding carboxylic acids is 1. The molecule has 6 nitrogen and oxygen atoms in total. The van der Waals surface area contributed by atoms with Crippen LogP contribution in [0.3, 0.4) is 0 Å². The van der Waals surface area contributed by atoms with Gasteiger partial charge < -0.3 is 15.8 Å². The van der Waals surface area contributed by atoms with E-state index < -0.39 is 0 Å². The predicted octanol–water partition coefficient (Wildman–Crippen LogP) is 1.25. The zero-order valence-corrected chi connectivity index (χ0v) is 11.8. The molecule has 0 aliphatic carbocycles. The molecule has 0 saturated carbocycles. The van der Waals surface area contributed by atoms with Crippen LogP contribution in [0.15, 0.2) is 24.4 Å². The molecule has 0 spiro atoms. The van der Waals surface area contributed by atoms with Crippen LogP contribution in [-0.2, 0) is 13.6 Å². The average molecular weight is 274 g/mol. The first kappa shape index (κ1) is 13.9. The molecule has 0 saturated heterocycles. The number of amides is 1. The lowest BCUT2D eigenvalue weighted by atomic mass is 10.1. The maximum Gasteiger partial charge on any atom is 0.255 e. The summed E-state index contributed by atoms with van der Waals surface area (Å²) in [6.07, 6.45) is 1.56. The number of nitrogens with two attached hydrogens (primary N) is 1. The van der Waals surface area contributed by atoms with Gasteiger partial charge in [-0.25, -0.2) is 0 Å². The molecule has 106 valence electrons. The third-order valence-electron chi connectivity index (χ3n) is 3.22. The van der Waals surface area contributed by atoms with Crippen LogP contribution in [0.2, 0.25) is 0 Å². The average Bonchev–Trinajstić information content (AvgIpc) is 2.76. The summed E-state index contributed by atoms with van der Waals surface area (Å²) < 4.78 is 6.91. The minimum Gasteiger partial charge on any atom is -0.496 e. The van der Waals surface area contributed by atoms with Gasteiger partial charge in [-0.3, -0.25) is 9.48 Å². The Morgan fingerprint density at radius 2 is 2.25 bits per heavy atom. The fraction of sp³-hybridized carbons (Fsp3) is 0.286. The highest BCUT2D eigenvalue weighted by molar-refractivity contribution is 5.95. The van der Waals surface area contributed by atoms with Gasteiger partial charge in [0.05, 0.1) is 18.9 Å². The number of hydrogen-bond donors (Lipinski definition) is 2. The Hall–Kier alpha value is -2.50. The largest absolute Gasteiger partial charge is 0.496 e. The molecule has 0 aliphatic heterocycles. The van der Waals surface area contributed by atoms with Crippen molar-refractivity contribution in [3.05, 3.63) is 41.2 Å². The van der Waals surface area contributed by atoms with Crippen molar-refractivity contribution in [1.29, 1.82) is 0 Å². The van der Waals surface area contributed by atoms with Crippen LogP contribution >= 0.6 is 0 Å². The number of rotatable bonds is 4. The molecule has 0 unspecified atom stereocenters. The molecule has 1 heterocycles. The molecule has 3 N–H and O–H groups in total. The molecule has 0 fully saturated rings. The molecule has 20 heavy (non-hydrogen) atoms. The van der Waals surface area contributed by atoms with Crippen LogP contribution in [0.1, 0.15) is 21.6 Å². The fourth-order valence-corrected chi connectivity index (χ4v) is 1.93. The van der Waals surface area contributed by atoms with Crippen molar-refractivity contribution in [1.82, 2.24) is 15.1 Å². The Bertz CT molecular complexity index is 634. The van der Waals surface area contributed by atoms with Gasteiger partial charge in [0.15, 0.2) is 0 Å². The maximum absolute atomic E-state index is 12.1. The molecule has 2 rings (SSSR count). The van der Waals surface area contributed by atoms with Gasteiger partial charge in [-0.15, -0.1) is 0 Å². The van der Waals surface area contributed by atoms with E-state index in [1.807, 2.05) is 6.92 Å². The number of benzene rings is 1. The number of nitrogens with one attached hydrogen (secondary N) is 1. The van der Waals surface area contributed by atoms with Gasteiger partial charge in [0.25, 0.3) is 5.91 Å². The van der Waals surface area contributed by atoms with Crippen LogP contribution in [0.4, 0.5) is 5.69 Å². The lowest BCUT2D eigenvalue weighted by Gasteiger charge is -2.10. The Morgan fingerprint density at radius 1 is 1.50 bits per heavy atom.